The Morgan fingerprint density at radius 3 is 2.43 bits per heavy atom. The molecule has 0 aliphatic rings. The second-order valence-electron chi connectivity index (χ2n) is 6.65. The summed E-state index contributed by atoms with van der Waals surface area (Å²) >= 11 is 12.5. The van der Waals surface area contributed by atoms with E-state index in [4.69, 9.17) is 27.9 Å². The van der Waals surface area contributed by atoms with E-state index in [1.54, 1.807) is 37.4 Å². The molecule has 0 heterocycles. The number of anilines is 1. The maximum Gasteiger partial charge on any atom is 0.255 e. The van der Waals surface area contributed by atoms with Crippen molar-refractivity contribution in [1.82, 2.24) is 0 Å². The van der Waals surface area contributed by atoms with E-state index in [2.05, 4.69) is 12.2 Å². The predicted molar refractivity (Wildman–Crippen MR) is 116 cm³/mol. The van der Waals surface area contributed by atoms with Crippen LogP contribution < -0.4 is 10.1 Å². The molecule has 3 rings (SSSR count). The van der Waals surface area contributed by atoms with Crippen LogP contribution in [0.15, 0.2) is 60.7 Å². The molecule has 0 aromatic heterocycles. The fraction of sp³-hybridized carbons (Fsp3) is 0.174. The topological polar surface area (TPSA) is 38.3 Å². The lowest BCUT2D eigenvalue weighted by Crippen LogP contribution is -2.13. The molecule has 0 aliphatic heterocycles. The summed E-state index contributed by atoms with van der Waals surface area (Å²) < 4.78 is 5.18. The van der Waals surface area contributed by atoms with E-state index in [0.717, 1.165) is 16.7 Å². The number of rotatable bonds is 5. The zero-order chi connectivity index (χ0) is 20.3. The number of nitrogens with one attached hydrogen (secondary N) is 1. The zero-order valence-corrected chi connectivity index (χ0v) is 17.4. The molecule has 0 radical (unpaired) electrons. The fourth-order valence-electron chi connectivity index (χ4n) is 3.06. The lowest BCUT2D eigenvalue weighted by Gasteiger charge is -2.18. The number of benzene rings is 3. The SMILES string of the molecule is COc1cccc(C(=O)Nc2cc(Cl)c(C(C)c3ccc(Cl)cc3)cc2C)c1. The van der Waals surface area contributed by atoms with Crippen molar-refractivity contribution in [3.8, 4) is 5.75 Å². The van der Waals surface area contributed by atoms with Gasteiger partial charge in [0.2, 0.25) is 0 Å². The van der Waals surface area contributed by atoms with Crippen LogP contribution in [0.3, 0.4) is 0 Å². The molecule has 0 spiro atoms. The van der Waals surface area contributed by atoms with Gasteiger partial charge in [0.05, 0.1) is 7.11 Å². The minimum absolute atomic E-state index is 0.103. The van der Waals surface area contributed by atoms with E-state index in [-0.39, 0.29) is 11.8 Å². The van der Waals surface area contributed by atoms with Gasteiger partial charge in [-0.25, -0.2) is 0 Å². The van der Waals surface area contributed by atoms with Crippen molar-refractivity contribution in [2.24, 2.45) is 0 Å². The number of methoxy groups -OCH3 is 1. The average Bonchev–Trinajstić information content (AvgIpc) is 2.70. The highest BCUT2D eigenvalue weighted by Crippen LogP contribution is 2.34. The molecule has 144 valence electrons. The van der Waals surface area contributed by atoms with Crippen molar-refractivity contribution in [2.45, 2.75) is 19.8 Å². The van der Waals surface area contributed by atoms with Crippen molar-refractivity contribution < 1.29 is 9.53 Å². The Hall–Kier alpha value is -2.49. The smallest absolute Gasteiger partial charge is 0.255 e. The molecule has 0 aliphatic carbocycles. The molecule has 0 saturated carbocycles. The molecule has 5 heteroatoms. The van der Waals surface area contributed by atoms with Gasteiger partial charge in [-0.15, -0.1) is 0 Å². The van der Waals surface area contributed by atoms with Gasteiger partial charge in [-0.3, -0.25) is 4.79 Å². The van der Waals surface area contributed by atoms with Crippen LogP contribution in [0, 0.1) is 6.92 Å². The largest absolute Gasteiger partial charge is 0.497 e. The number of hydrogen-bond donors (Lipinski definition) is 1. The quantitative estimate of drug-likeness (QED) is 0.504. The summed E-state index contributed by atoms with van der Waals surface area (Å²) in [4.78, 5) is 12.6. The van der Waals surface area contributed by atoms with Gasteiger partial charge in [0, 0.05) is 27.2 Å². The molecule has 0 bridgehead atoms. The normalized spacial score (nSPS) is 11.8. The van der Waals surface area contributed by atoms with E-state index in [1.807, 2.05) is 37.3 Å². The summed E-state index contributed by atoms with van der Waals surface area (Å²) in [5.74, 6) is 0.526. The number of carbonyl (C=O) groups is 1. The molecule has 1 N–H and O–H groups in total. The van der Waals surface area contributed by atoms with Crippen molar-refractivity contribution in [2.75, 3.05) is 12.4 Å². The van der Waals surface area contributed by atoms with Gasteiger partial charge in [0.15, 0.2) is 0 Å². The summed E-state index contributed by atoms with van der Waals surface area (Å²) in [6.45, 7) is 4.05. The summed E-state index contributed by atoms with van der Waals surface area (Å²) in [5.41, 5.74) is 4.27. The van der Waals surface area contributed by atoms with Crippen molar-refractivity contribution in [1.29, 1.82) is 0 Å². The molecular formula is C23H21Cl2NO2. The first-order valence-electron chi connectivity index (χ1n) is 8.90. The second-order valence-corrected chi connectivity index (χ2v) is 7.49. The molecular weight excluding hydrogens is 393 g/mol. The summed E-state index contributed by atoms with van der Waals surface area (Å²) in [5, 5.41) is 4.24. The van der Waals surface area contributed by atoms with Crippen LogP contribution in [0.4, 0.5) is 5.69 Å². The van der Waals surface area contributed by atoms with Crippen LogP contribution in [0.5, 0.6) is 5.75 Å². The highest BCUT2D eigenvalue weighted by Gasteiger charge is 2.16. The van der Waals surface area contributed by atoms with Gasteiger partial charge in [0.1, 0.15) is 5.75 Å². The molecule has 0 fully saturated rings. The number of amides is 1. The Kier molecular flexibility index (Phi) is 6.28. The van der Waals surface area contributed by atoms with E-state index in [0.29, 0.717) is 27.0 Å². The van der Waals surface area contributed by atoms with E-state index >= 15 is 0 Å². The molecule has 3 nitrogen and oxygen atoms in total. The third-order valence-electron chi connectivity index (χ3n) is 4.76. The lowest BCUT2D eigenvalue weighted by atomic mass is 9.91. The van der Waals surface area contributed by atoms with Crippen molar-refractivity contribution in [3.05, 3.63) is 93.0 Å². The van der Waals surface area contributed by atoms with E-state index < -0.39 is 0 Å². The molecule has 0 saturated heterocycles. The maximum absolute atomic E-state index is 12.6. The summed E-state index contributed by atoms with van der Waals surface area (Å²) in [6, 6.07) is 18.6. The minimum atomic E-state index is -0.212. The highest BCUT2D eigenvalue weighted by molar-refractivity contribution is 6.32. The first-order chi connectivity index (χ1) is 13.4. The molecule has 1 atom stereocenters. The third-order valence-corrected chi connectivity index (χ3v) is 5.34. The Morgan fingerprint density at radius 2 is 1.75 bits per heavy atom. The van der Waals surface area contributed by atoms with Gasteiger partial charge >= 0.3 is 0 Å². The molecule has 28 heavy (non-hydrogen) atoms. The Balaban J connectivity index is 1.85. The third kappa shape index (κ3) is 4.49. The summed E-state index contributed by atoms with van der Waals surface area (Å²) in [7, 11) is 1.57. The molecule has 1 amide bonds. The maximum atomic E-state index is 12.6. The van der Waals surface area contributed by atoms with Gasteiger partial charge in [-0.1, -0.05) is 54.4 Å². The number of aryl methyl sites for hydroxylation is 1. The predicted octanol–water partition coefficient (Wildman–Crippen LogP) is 6.71. The molecule has 3 aromatic rings. The van der Waals surface area contributed by atoms with Crippen molar-refractivity contribution >= 4 is 34.8 Å². The van der Waals surface area contributed by atoms with Gasteiger partial charge in [-0.05, 0) is 60.0 Å². The van der Waals surface area contributed by atoms with E-state index in [1.165, 1.54) is 0 Å². The fourth-order valence-corrected chi connectivity index (χ4v) is 3.51. The Morgan fingerprint density at radius 1 is 1.04 bits per heavy atom. The number of carbonyl (C=O) groups excluding carboxylic acids is 1. The average molecular weight is 414 g/mol. The van der Waals surface area contributed by atoms with E-state index in [9.17, 15) is 4.79 Å². The first kappa shape index (κ1) is 20.2. The zero-order valence-electron chi connectivity index (χ0n) is 15.9. The number of hydrogen-bond acceptors (Lipinski definition) is 2. The monoisotopic (exact) mass is 413 g/mol. The Labute approximate surface area is 175 Å². The van der Waals surface area contributed by atoms with Crippen LogP contribution in [-0.4, -0.2) is 13.0 Å². The standard InChI is InChI=1S/C23H21Cl2NO2/c1-14-11-20(15(2)16-7-9-18(24)10-8-16)21(25)13-22(14)26-23(27)17-5-4-6-19(12-17)28-3/h4-13,15H,1-3H3,(H,26,27). The van der Waals surface area contributed by atoms with Crippen LogP contribution in [0.25, 0.3) is 0 Å². The Bertz CT molecular complexity index is 1000. The van der Waals surface area contributed by atoms with Crippen LogP contribution >= 0.6 is 23.2 Å². The van der Waals surface area contributed by atoms with Gasteiger partial charge in [0.25, 0.3) is 5.91 Å². The highest BCUT2D eigenvalue weighted by atomic mass is 35.5. The minimum Gasteiger partial charge on any atom is -0.497 e. The number of halogens is 2. The lowest BCUT2D eigenvalue weighted by molar-refractivity contribution is 0.102. The first-order valence-corrected chi connectivity index (χ1v) is 9.65. The van der Waals surface area contributed by atoms with Gasteiger partial charge < -0.3 is 10.1 Å². The number of ether oxygens (including phenoxy) is 1. The van der Waals surface area contributed by atoms with Crippen LogP contribution in [0.2, 0.25) is 10.0 Å². The summed E-state index contributed by atoms with van der Waals surface area (Å²) in [6.07, 6.45) is 0. The molecule has 1 unspecified atom stereocenters. The van der Waals surface area contributed by atoms with Crippen LogP contribution in [-0.2, 0) is 0 Å². The van der Waals surface area contributed by atoms with Crippen molar-refractivity contribution in [3.63, 3.8) is 0 Å². The van der Waals surface area contributed by atoms with Gasteiger partial charge in [-0.2, -0.15) is 0 Å². The van der Waals surface area contributed by atoms with Crippen LogP contribution in [0.1, 0.15) is 39.9 Å². The molecule has 3 aromatic carbocycles. The second kappa shape index (κ2) is 8.68.